The van der Waals surface area contributed by atoms with Gasteiger partial charge in [-0.2, -0.15) is 5.10 Å². The van der Waals surface area contributed by atoms with Crippen LogP contribution in [0.3, 0.4) is 0 Å². The van der Waals surface area contributed by atoms with Gasteiger partial charge in [0.05, 0.1) is 28.8 Å². The van der Waals surface area contributed by atoms with Crippen molar-refractivity contribution in [1.29, 1.82) is 0 Å². The lowest BCUT2D eigenvalue weighted by Crippen LogP contribution is -2.25. The van der Waals surface area contributed by atoms with Crippen molar-refractivity contribution in [3.63, 3.8) is 0 Å². The molecule has 0 radical (unpaired) electrons. The van der Waals surface area contributed by atoms with Gasteiger partial charge in [0.1, 0.15) is 5.75 Å². The summed E-state index contributed by atoms with van der Waals surface area (Å²) in [5, 5.41) is 8.02. The number of nitrogens with one attached hydrogen (secondary N) is 1. The summed E-state index contributed by atoms with van der Waals surface area (Å²) in [7, 11) is 0. The fourth-order valence-electron chi connectivity index (χ4n) is 2.41. The van der Waals surface area contributed by atoms with Gasteiger partial charge in [0.2, 0.25) is 5.91 Å². The molecule has 0 fully saturated rings. The molecule has 1 heterocycles. The molecule has 0 unspecified atom stereocenters. The molecule has 0 aliphatic heterocycles. The molecule has 1 aromatic heterocycles. The third kappa shape index (κ3) is 4.77. The quantitative estimate of drug-likeness (QED) is 0.656. The molecule has 0 bridgehead atoms. The maximum absolute atomic E-state index is 12.1. The van der Waals surface area contributed by atoms with E-state index in [4.69, 9.17) is 27.9 Å². The summed E-state index contributed by atoms with van der Waals surface area (Å²) in [4.78, 5) is 12.1. The third-order valence-corrected chi connectivity index (χ3v) is 4.45. The van der Waals surface area contributed by atoms with E-state index in [0.717, 1.165) is 11.3 Å². The van der Waals surface area contributed by atoms with Gasteiger partial charge in [-0.1, -0.05) is 41.4 Å². The molecule has 0 aliphatic rings. The van der Waals surface area contributed by atoms with E-state index in [0.29, 0.717) is 22.3 Å². The Bertz CT molecular complexity index is 882. The first kappa shape index (κ1) is 18.3. The van der Waals surface area contributed by atoms with Crippen molar-refractivity contribution < 1.29 is 9.53 Å². The van der Waals surface area contributed by atoms with Gasteiger partial charge < -0.3 is 10.1 Å². The number of ether oxygens (including phenoxy) is 1. The maximum Gasteiger partial charge on any atom is 0.223 e. The number of rotatable bonds is 7. The van der Waals surface area contributed by atoms with Crippen LogP contribution in [0, 0.1) is 0 Å². The first-order valence-electron chi connectivity index (χ1n) is 8.06. The van der Waals surface area contributed by atoms with Crippen LogP contribution in [0.4, 0.5) is 0 Å². The number of nitrogens with zero attached hydrogens (tertiary/aromatic N) is 2. The van der Waals surface area contributed by atoms with Crippen LogP contribution in [0.1, 0.15) is 12.0 Å². The summed E-state index contributed by atoms with van der Waals surface area (Å²) in [6.45, 7) is 0.673. The van der Waals surface area contributed by atoms with Gasteiger partial charge in [0.25, 0.3) is 0 Å². The minimum atomic E-state index is -0.0969. The first-order valence-corrected chi connectivity index (χ1v) is 8.81. The van der Waals surface area contributed by atoms with Crippen molar-refractivity contribution in [2.45, 2.75) is 13.0 Å². The third-order valence-electron chi connectivity index (χ3n) is 3.71. The molecule has 0 spiro atoms. The number of halogens is 2. The number of amides is 1. The number of carbonyl (C=O) groups excluding carboxylic acids is 1. The molecule has 5 nitrogen and oxygen atoms in total. The van der Waals surface area contributed by atoms with Gasteiger partial charge in [0.15, 0.2) is 0 Å². The first-order chi connectivity index (χ1) is 12.6. The molecular formula is C19H17Cl2N3O2. The number of para-hydroxylation sites is 1. The smallest absolute Gasteiger partial charge is 0.223 e. The van der Waals surface area contributed by atoms with Gasteiger partial charge in [0, 0.05) is 25.0 Å². The summed E-state index contributed by atoms with van der Waals surface area (Å²) in [6, 6.07) is 14.6. The zero-order valence-electron chi connectivity index (χ0n) is 13.9. The molecule has 7 heteroatoms. The fraction of sp³-hybridized carbons (Fsp3) is 0.158. The topological polar surface area (TPSA) is 56.1 Å². The molecule has 1 N–H and O–H groups in total. The number of carbonyl (C=O) groups is 1. The zero-order valence-corrected chi connectivity index (χ0v) is 15.4. The van der Waals surface area contributed by atoms with Crippen molar-refractivity contribution >= 4 is 29.1 Å². The summed E-state index contributed by atoms with van der Waals surface area (Å²) >= 11 is 11.8. The van der Waals surface area contributed by atoms with Gasteiger partial charge in [-0.25, -0.2) is 4.68 Å². The van der Waals surface area contributed by atoms with Gasteiger partial charge in [-0.3, -0.25) is 4.79 Å². The van der Waals surface area contributed by atoms with Crippen LogP contribution >= 0.6 is 23.2 Å². The summed E-state index contributed by atoms with van der Waals surface area (Å²) in [6.07, 6.45) is 3.83. The normalized spacial score (nSPS) is 10.5. The Kier molecular flexibility index (Phi) is 6.15. The Morgan fingerprint density at radius 3 is 2.73 bits per heavy atom. The summed E-state index contributed by atoms with van der Waals surface area (Å²) < 4.78 is 7.30. The molecule has 26 heavy (non-hydrogen) atoms. The molecular weight excluding hydrogens is 373 g/mol. The Morgan fingerprint density at radius 1 is 1.12 bits per heavy atom. The number of hydrogen-bond acceptors (Lipinski definition) is 3. The van der Waals surface area contributed by atoms with Crippen LogP contribution in [0.2, 0.25) is 10.0 Å². The van der Waals surface area contributed by atoms with Crippen molar-refractivity contribution in [2.24, 2.45) is 0 Å². The molecule has 0 saturated carbocycles. The van der Waals surface area contributed by atoms with E-state index in [-0.39, 0.29) is 18.9 Å². The average Bonchev–Trinajstić information content (AvgIpc) is 3.18. The number of benzene rings is 2. The Labute approximate surface area is 161 Å². The van der Waals surface area contributed by atoms with Crippen LogP contribution in [-0.4, -0.2) is 22.3 Å². The predicted octanol–water partition coefficient (Wildman–Crippen LogP) is 4.26. The van der Waals surface area contributed by atoms with Crippen LogP contribution in [0.15, 0.2) is 60.9 Å². The van der Waals surface area contributed by atoms with Crippen molar-refractivity contribution in [2.75, 3.05) is 6.61 Å². The molecule has 3 aromatic rings. The second-order valence-corrected chi connectivity index (χ2v) is 6.34. The lowest BCUT2D eigenvalue weighted by atomic mass is 10.1. The highest BCUT2D eigenvalue weighted by Crippen LogP contribution is 2.26. The predicted molar refractivity (Wildman–Crippen MR) is 102 cm³/mol. The van der Waals surface area contributed by atoms with Crippen molar-refractivity contribution in [1.82, 2.24) is 15.1 Å². The largest absolute Gasteiger partial charge is 0.493 e. The van der Waals surface area contributed by atoms with Gasteiger partial charge >= 0.3 is 0 Å². The van der Waals surface area contributed by atoms with E-state index in [1.807, 2.05) is 36.5 Å². The minimum Gasteiger partial charge on any atom is -0.493 e. The fourth-order valence-corrected chi connectivity index (χ4v) is 2.69. The summed E-state index contributed by atoms with van der Waals surface area (Å²) in [5.74, 6) is 0.483. The van der Waals surface area contributed by atoms with Crippen molar-refractivity contribution in [3.05, 3.63) is 76.5 Å². The van der Waals surface area contributed by atoms with E-state index in [2.05, 4.69) is 10.4 Å². The highest BCUT2D eigenvalue weighted by Gasteiger charge is 2.07. The molecule has 2 aromatic carbocycles. The second-order valence-electron chi connectivity index (χ2n) is 5.53. The number of aromatic nitrogens is 2. The molecule has 0 saturated heterocycles. The Balaban J connectivity index is 1.50. The number of hydrogen-bond donors (Lipinski definition) is 1. The second kappa shape index (κ2) is 8.74. The average molecular weight is 390 g/mol. The highest BCUT2D eigenvalue weighted by molar-refractivity contribution is 6.42. The Morgan fingerprint density at radius 2 is 1.96 bits per heavy atom. The maximum atomic E-state index is 12.1. The van der Waals surface area contributed by atoms with E-state index in [1.54, 1.807) is 29.1 Å². The lowest BCUT2D eigenvalue weighted by Gasteiger charge is -2.11. The monoisotopic (exact) mass is 389 g/mol. The molecule has 3 rings (SSSR count). The van der Waals surface area contributed by atoms with Crippen molar-refractivity contribution in [3.8, 4) is 11.4 Å². The van der Waals surface area contributed by atoms with E-state index >= 15 is 0 Å². The van der Waals surface area contributed by atoms with E-state index in [9.17, 15) is 4.79 Å². The Hall–Kier alpha value is -2.50. The van der Waals surface area contributed by atoms with Crippen LogP contribution in [0.25, 0.3) is 5.69 Å². The molecule has 1 amide bonds. The molecule has 0 aliphatic carbocycles. The highest BCUT2D eigenvalue weighted by atomic mass is 35.5. The van der Waals surface area contributed by atoms with Gasteiger partial charge in [-0.15, -0.1) is 0 Å². The van der Waals surface area contributed by atoms with E-state index < -0.39 is 0 Å². The van der Waals surface area contributed by atoms with Crippen LogP contribution in [-0.2, 0) is 11.3 Å². The molecule has 0 atom stereocenters. The summed E-state index contributed by atoms with van der Waals surface area (Å²) in [5.41, 5.74) is 1.92. The zero-order chi connectivity index (χ0) is 18.4. The van der Waals surface area contributed by atoms with Crippen LogP contribution in [0.5, 0.6) is 5.75 Å². The van der Waals surface area contributed by atoms with Gasteiger partial charge in [-0.05, 0) is 29.8 Å². The SMILES string of the molecule is O=C(CCOc1ccc(Cl)c(Cl)c1)NCc1ccccc1-n1cccn1. The minimum absolute atomic E-state index is 0.0969. The van der Waals surface area contributed by atoms with Crippen LogP contribution < -0.4 is 10.1 Å². The standard InChI is InChI=1S/C19H17Cl2N3O2/c20-16-7-6-15(12-17(16)21)26-11-8-19(25)22-13-14-4-1-2-5-18(14)24-10-3-9-23-24/h1-7,9-10,12H,8,11,13H2,(H,22,25). The lowest BCUT2D eigenvalue weighted by molar-refractivity contribution is -0.121. The molecule has 134 valence electrons. The van der Waals surface area contributed by atoms with E-state index in [1.165, 1.54) is 0 Å².